The number of halogens is 3. The third kappa shape index (κ3) is 1.85. The molecule has 0 saturated carbocycles. The Morgan fingerprint density at radius 3 is 2.57 bits per heavy atom. The zero-order valence-electron chi connectivity index (χ0n) is 6.33. The summed E-state index contributed by atoms with van der Waals surface area (Å²) in [4.78, 5) is 1.20. The fourth-order valence-corrected chi connectivity index (χ4v) is 3.95. The maximum absolute atomic E-state index is 13.5. The van der Waals surface area contributed by atoms with Gasteiger partial charge in [-0.15, -0.1) is 0 Å². The first-order valence-corrected chi connectivity index (χ1v) is 10.0. The van der Waals surface area contributed by atoms with Crippen molar-refractivity contribution in [1.82, 2.24) is 10.3 Å². The molecule has 0 amide bonds. The first-order chi connectivity index (χ1) is 6.77. The lowest BCUT2D eigenvalue weighted by atomic mass is 10.3. The summed E-state index contributed by atoms with van der Waals surface area (Å²) in [7, 11) is 2.66. The van der Waals surface area contributed by atoms with Crippen LogP contribution in [0.15, 0.2) is 20.5 Å². The van der Waals surface area contributed by atoms with Gasteiger partial charge < -0.3 is 0 Å². The van der Waals surface area contributed by atoms with Gasteiger partial charge in [-0.3, -0.25) is 0 Å². The lowest BCUT2D eigenvalue weighted by molar-refractivity contribution is 0.314. The van der Waals surface area contributed by atoms with Crippen LogP contribution in [0.5, 0.6) is 0 Å². The largest absolute Gasteiger partial charge is 0.243 e. The van der Waals surface area contributed by atoms with E-state index in [1.54, 1.807) is 0 Å². The van der Waals surface area contributed by atoms with Gasteiger partial charge in [0.2, 0.25) is 0 Å². The molecule has 74 valence electrons. The first kappa shape index (κ1) is 11.2. The standard InChI is InChI=1S/C6HFI2N2OS2/c7-2-1-3(13-8)4-5(6(2)14-9)11-12-10-4/h1H. The zero-order chi connectivity index (χ0) is 10.1. The Morgan fingerprint density at radius 1 is 1.21 bits per heavy atom. The van der Waals surface area contributed by atoms with Crippen molar-refractivity contribution in [3.8, 4) is 0 Å². The van der Waals surface area contributed by atoms with Crippen LogP contribution in [0.25, 0.3) is 11.0 Å². The molecular weight excluding hydrogens is 453 g/mol. The summed E-state index contributed by atoms with van der Waals surface area (Å²) in [6.45, 7) is 0. The number of benzene rings is 1. The van der Waals surface area contributed by atoms with Gasteiger partial charge in [0.15, 0.2) is 11.0 Å². The molecule has 3 nitrogen and oxygen atoms in total. The van der Waals surface area contributed by atoms with Crippen molar-refractivity contribution in [1.29, 1.82) is 0 Å². The molecule has 0 bridgehead atoms. The maximum atomic E-state index is 13.5. The van der Waals surface area contributed by atoms with Gasteiger partial charge in [0.05, 0.1) is 9.79 Å². The molecule has 0 aliphatic heterocycles. The van der Waals surface area contributed by atoms with Crippen LogP contribution in [0.1, 0.15) is 0 Å². The minimum absolute atomic E-state index is 0.285. The molecule has 0 atom stereocenters. The monoisotopic (exact) mass is 454 g/mol. The van der Waals surface area contributed by atoms with Crippen molar-refractivity contribution in [2.75, 3.05) is 0 Å². The number of aromatic nitrogens is 2. The molecular formula is C6HFI2N2OS2. The van der Waals surface area contributed by atoms with Gasteiger partial charge in [-0.25, -0.2) is 9.02 Å². The summed E-state index contributed by atoms with van der Waals surface area (Å²) in [6, 6.07) is 1.45. The van der Waals surface area contributed by atoms with Gasteiger partial charge in [-0.1, -0.05) is 8.93 Å². The highest BCUT2D eigenvalue weighted by Gasteiger charge is 2.16. The average molecular weight is 454 g/mol. The van der Waals surface area contributed by atoms with Crippen LogP contribution in [0.2, 0.25) is 0 Å². The van der Waals surface area contributed by atoms with E-state index in [4.69, 9.17) is 0 Å². The molecule has 14 heavy (non-hydrogen) atoms. The van der Waals surface area contributed by atoms with Crippen LogP contribution >= 0.6 is 60.3 Å². The molecule has 0 fully saturated rings. The van der Waals surface area contributed by atoms with Gasteiger partial charge >= 0.3 is 0 Å². The molecule has 0 saturated heterocycles. The van der Waals surface area contributed by atoms with Crippen LogP contribution in [0.4, 0.5) is 4.39 Å². The van der Waals surface area contributed by atoms with Crippen molar-refractivity contribution >= 4 is 71.3 Å². The van der Waals surface area contributed by atoms with Crippen molar-refractivity contribution in [3.05, 3.63) is 11.9 Å². The van der Waals surface area contributed by atoms with Crippen molar-refractivity contribution in [3.63, 3.8) is 0 Å². The summed E-state index contributed by atoms with van der Waals surface area (Å²) >= 11 is 4.08. The molecule has 0 unspecified atom stereocenters. The van der Waals surface area contributed by atoms with E-state index >= 15 is 0 Å². The van der Waals surface area contributed by atoms with E-state index < -0.39 is 0 Å². The average Bonchev–Trinajstić information content (AvgIpc) is 2.65. The second kappa shape index (κ2) is 4.70. The number of hydrogen-bond acceptors (Lipinski definition) is 5. The molecule has 0 aliphatic carbocycles. The van der Waals surface area contributed by atoms with E-state index in [9.17, 15) is 4.39 Å². The van der Waals surface area contributed by atoms with Crippen LogP contribution in [0.3, 0.4) is 0 Å². The van der Waals surface area contributed by atoms with Gasteiger partial charge in [0.1, 0.15) is 5.82 Å². The highest BCUT2D eigenvalue weighted by Crippen LogP contribution is 2.39. The molecule has 1 aromatic carbocycles. The zero-order valence-corrected chi connectivity index (χ0v) is 12.3. The summed E-state index contributed by atoms with van der Waals surface area (Å²) < 4.78 is 18.1. The Balaban J connectivity index is 2.81. The Labute approximate surface area is 111 Å². The van der Waals surface area contributed by atoms with Gasteiger partial charge in [0.25, 0.3) is 0 Å². The fraction of sp³-hybridized carbons (Fsp3) is 0. The van der Waals surface area contributed by atoms with Crippen LogP contribution in [-0.4, -0.2) is 10.3 Å². The lowest BCUT2D eigenvalue weighted by Crippen LogP contribution is -1.84. The summed E-state index contributed by atoms with van der Waals surface area (Å²) in [6.07, 6.45) is 0. The number of nitrogens with zero attached hydrogens (tertiary/aromatic N) is 2. The molecule has 2 aromatic rings. The second-order valence-electron chi connectivity index (χ2n) is 2.30. The minimum Gasteiger partial charge on any atom is -0.243 e. The Morgan fingerprint density at radius 2 is 1.93 bits per heavy atom. The quantitative estimate of drug-likeness (QED) is 0.636. The summed E-state index contributed by atoms with van der Waals surface area (Å²) in [5, 5.41) is 7.43. The summed E-state index contributed by atoms with van der Waals surface area (Å²) in [5.74, 6) is -0.285. The molecule has 0 radical (unpaired) electrons. The van der Waals surface area contributed by atoms with Crippen LogP contribution in [-0.2, 0) is 0 Å². The molecule has 8 heteroatoms. The van der Waals surface area contributed by atoms with Crippen molar-refractivity contribution in [2.24, 2.45) is 0 Å². The van der Waals surface area contributed by atoms with E-state index in [2.05, 4.69) is 36.1 Å². The lowest BCUT2D eigenvalue weighted by Gasteiger charge is -2.00. The Kier molecular flexibility index (Phi) is 3.76. The number of hydrogen-bond donors (Lipinski definition) is 0. The van der Waals surface area contributed by atoms with E-state index in [-0.39, 0.29) is 5.82 Å². The minimum atomic E-state index is -0.285. The third-order valence-electron chi connectivity index (χ3n) is 1.57. The fourth-order valence-electron chi connectivity index (χ4n) is 0.994. The van der Waals surface area contributed by atoms with Crippen LogP contribution < -0.4 is 0 Å². The Hall–Kier alpha value is 0.710. The van der Waals surface area contributed by atoms with E-state index in [0.29, 0.717) is 15.9 Å². The van der Waals surface area contributed by atoms with E-state index in [1.165, 1.54) is 23.9 Å². The summed E-state index contributed by atoms with van der Waals surface area (Å²) in [5.41, 5.74) is 1.11. The smallest absolute Gasteiger partial charge is 0.153 e. The van der Waals surface area contributed by atoms with Crippen molar-refractivity contribution in [2.45, 2.75) is 9.79 Å². The predicted molar refractivity (Wildman–Crippen MR) is 71.5 cm³/mol. The molecule has 1 aromatic heterocycles. The Bertz CT molecular complexity index is 478. The van der Waals surface area contributed by atoms with E-state index in [1.807, 2.05) is 21.2 Å². The van der Waals surface area contributed by atoms with Gasteiger partial charge in [0, 0.05) is 42.4 Å². The highest BCUT2D eigenvalue weighted by atomic mass is 127. The molecule has 2 rings (SSSR count). The molecule has 1 heterocycles. The topological polar surface area (TPSA) is 38.9 Å². The maximum Gasteiger partial charge on any atom is 0.153 e. The SMILES string of the molecule is Fc1cc(SI)c2nonc2c1SI. The molecule has 0 N–H and O–H groups in total. The van der Waals surface area contributed by atoms with E-state index in [0.717, 1.165) is 4.90 Å². The molecule has 0 spiro atoms. The third-order valence-corrected chi connectivity index (χ3v) is 5.34. The first-order valence-electron chi connectivity index (χ1n) is 3.30. The van der Waals surface area contributed by atoms with Crippen molar-refractivity contribution < 1.29 is 9.02 Å². The van der Waals surface area contributed by atoms with Crippen LogP contribution in [0, 0.1) is 5.82 Å². The van der Waals surface area contributed by atoms with Gasteiger partial charge in [-0.2, -0.15) is 0 Å². The number of fused-ring (bicyclic) bond motifs is 1. The van der Waals surface area contributed by atoms with Gasteiger partial charge in [-0.05, 0) is 25.3 Å². The highest BCUT2D eigenvalue weighted by molar-refractivity contribution is 14.2. The molecule has 0 aliphatic rings. The second-order valence-corrected chi connectivity index (χ2v) is 6.10. The number of rotatable bonds is 2. The predicted octanol–water partition coefficient (Wildman–Crippen LogP) is 4.25. The normalized spacial score (nSPS) is 11.1.